The van der Waals surface area contributed by atoms with Crippen LogP contribution in [0.1, 0.15) is 15.9 Å². The Morgan fingerprint density at radius 2 is 1.85 bits per heavy atom. The van der Waals surface area contributed by atoms with E-state index in [0.717, 1.165) is 0 Å². The fraction of sp³-hybridized carbons (Fsp3) is 0.0667. The van der Waals surface area contributed by atoms with Gasteiger partial charge in [0.05, 0.1) is 11.6 Å². The van der Waals surface area contributed by atoms with Gasteiger partial charge in [-0.3, -0.25) is 4.79 Å². The first-order chi connectivity index (χ1) is 9.63. The van der Waals surface area contributed by atoms with Gasteiger partial charge in [0, 0.05) is 5.56 Å². The molecule has 0 fully saturated rings. The van der Waals surface area contributed by atoms with E-state index in [-0.39, 0.29) is 0 Å². The lowest BCUT2D eigenvalue weighted by Gasteiger charge is -2.09. The van der Waals surface area contributed by atoms with Crippen molar-refractivity contribution in [3.05, 3.63) is 53.6 Å². The van der Waals surface area contributed by atoms with Gasteiger partial charge in [-0.2, -0.15) is 5.26 Å². The van der Waals surface area contributed by atoms with E-state index < -0.39 is 6.92 Å². The van der Waals surface area contributed by atoms with Gasteiger partial charge < -0.3 is 9.76 Å². The van der Waals surface area contributed by atoms with Crippen molar-refractivity contribution in [2.45, 2.75) is 6.82 Å². The van der Waals surface area contributed by atoms with E-state index in [1.807, 2.05) is 6.07 Å². The second-order valence-electron chi connectivity index (χ2n) is 4.32. The quantitative estimate of drug-likeness (QED) is 0.677. The molecule has 0 atom stereocenters. The molecule has 0 aliphatic carbocycles. The zero-order chi connectivity index (χ0) is 14.5. The summed E-state index contributed by atoms with van der Waals surface area (Å²) in [6.45, 7) is 0.892. The van der Waals surface area contributed by atoms with E-state index in [9.17, 15) is 9.82 Å². The average molecular weight is 265 g/mol. The van der Waals surface area contributed by atoms with Crippen LogP contribution in [0.15, 0.2) is 42.5 Å². The maximum atomic E-state index is 11.0. The summed E-state index contributed by atoms with van der Waals surface area (Å²) in [6, 6.07) is 13.6. The number of carbonyl (C=O) groups excluding carboxylic acids is 1. The highest BCUT2D eigenvalue weighted by molar-refractivity contribution is 6.66. The van der Waals surface area contributed by atoms with Gasteiger partial charge in [0.2, 0.25) is 0 Å². The van der Waals surface area contributed by atoms with Crippen LogP contribution in [-0.2, 0) is 0 Å². The fourth-order valence-electron chi connectivity index (χ4n) is 1.83. The normalized spacial score (nSPS) is 9.65. The molecule has 0 unspecified atom stereocenters. The van der Waals surface area contributed by atoms with Crippen molar-refractivity contribution in [1.82, 2.24) is 0 Å². The van der Waals surface area contributed by atoms with Crippen molar-refractivity contribution < 1.29 is 14.6 Å². The Morgan fingerprint density at radius 1 is 1.20 bits per heavy atom. The molecule has 2 aromatic rings. The SMILES string of the molecule is CB(O)c1ccc(Oc2ccc(C#N)cc2)cc1C=O. The summed E-state index contributed by atoms with van der Waals surface area (Å²) in [5, 5.41) is 18.3. The van der Waals surface area contributed by atoms with Crippen LogP contribution in [0, 0.1) is 11.3 Å². The number of ether oxygens (including phenoxy) is 1. The second-order valence-corrected chi connectivity index (χ2v) is 4.32. The summed E-state index contributed by atoms with van der Waals surface area (Å²) in [6.07, 6.45) is 0.688. The van der Waals surface area contributed by atoms with Gasteiger partial charge in [0.1, 0.15) is 17.8 Å². The highest BCUT2D eigenvalue weighted by Crippen LogP contribution is 2.21. The van der Waals surface area contributed by atoms with Gasteiger partial charge in [-0.1, -0.05) is 12.9 Å². The number of aldehydes is 1. The van der Waals surface area contributed by atoms with E-state index in [1.165, 1.54) is 0 Å². The molecule has 0 radical (unpaired) electrons. The van der Waals surface area contributed by atoms with E-state index in [4.69, 9.17) is 10.00 Å². The number of nitriles is 1. The third-order valence-electron chi connectivity index (χ3n) is 2.85. The van der Waals surface area contributed by atoms with Gasteiger partial charge in [0.25, 0.3) is 0 Å². The molecule has 0 spiro atoms. The van der Waals surface area contributed by atoms with Crippen LogP contribution < -0.4 is 10.2 Å². The van der Waals surface area contributed by atoms with Crippen molar-refractivity contribution in [2.24, 2.45) is 0 Å². The van der Waals surface area contributed by atoms with Crippen LogP contribution in [0.4, 0.5) is 0 Å². The van der Waals surface area contributed by atoms with Crippen LogP contribution in [0.2, 0.25) is 6.82 Å². The minimum atomic E-state index is -0.709. The Hall–Kier alpha value is -2.58. The van der Waals surface area contributed by atoms with Crippen molar-refractivity contribution in [3.8, 4) is 17.6 Å². The van der Waals surface area contributed by atoms with E-state index >= 15 is 0 Å². The van der Waals surface area contributed by atoms with Gasteiger partial charge >= 0.3 is 6.92 Å². The summed E-state index contributed by atoms with van der Waals surface area (Å²) in [5.41, 5.74) is 1.51. The smallest absolute Gasteiger partial charge is 0.321 e. The number of nitrogens with zero attached hydrogens (tertiary/aromatic N) is 1. The molecule has 0 bridgehead atoms. The molecular formula is C15H12BNO3. The van der Waals surface area contributed by atoms with E-state index in [1.54, 1.807) is 49.3 Å². The Morgan fingerprint density at radius 3 is 2.40 bits per heavy atom. The zero-order valence-corrected chi connectivity index (χ0v) is 10.9. The molecule has 2 rings (SSSR count). The Labute approximate surface area is 117 Å². The van der Waals surface area contributed by atoms with Crippen LogP contribution in [0.25, 0.3) is 0 Å². The number of hydrogen-bond acceptors (Lipinski definition) is 4. The van der Waals surface area contributed by atoms with Crippen molar-refractivity contribution in [3.63, 3.8) is 0 Å². The van der Waals surface area contributed by atoms with E-state index in [2.05, 4.69) is 0 Å². The van der Waals surface area contributed by atoms with Crippen LogP contribution in [0.3, 0.4) is 0 Å². The van der Waals surface area contributed by atoms with E-state index in [0.29, 0.717) is 34.4 Å². The lowest BCUT2D eigenvalue weighted by Crippen LogP contribution is -2.29. The predicted molar refractivity (Wildman–Crippen MR) is 76.5 cm³/mol. The van der Waals surface area contributed by atoms with Gasteiger partial charge in [-0.25, -0.2) is 0 Å². The number of hydrogen-bond donors (Lipinski definition) is 1. The van der Waals surface area contributed by atoms with Gasteiger partial charge in [0.15, 0.2) is 0 Å². The summed E-state index contributed by atoms with van der Waals surface area (Å²) in [7, 11) is 0. The first kappa shape index (κ1) is 13.8. The predicted octanol–water partition coefficient (Wildman–Crippen LogP) is 1.98. The molecule has 0 aliphatic heterocycles. The Balaban J connectivity index is 2.25. The Kier molecular flexibility index (Phi) is 4.19. The largest absolute Gasteiger partial charge is 0.457 e. The van der Waals surface area contributed by atoms with Crippen molar-refractivity contribution >= 4 is 18.7 Å². The molecule has 4 nitrogen and oxygen atoms in total. The van der Waals surface area contributed by atoms with Crippen LogP contribution >= 0.6 is 0 Å². The number of benzene rings is 2. The minimum Gasteiger partial charge on any atom is -0.457 e. The number of carbonyl (C=O) groups is 1. The summed E-state index contributed by atoms with van der Waals surface area (Å²) >= 11 is 0. The molecule has 0 saturated carbocycles. The standard InChI is InChI=1S/C15H12BNO3/c1-16(19)15-7-6-14(8-12(15)10-18)20-13-4-2-11(9-17)3-5-13/h2-8,10,19H,1H3. The minimum absolute atomic E-state index is 0.395. The molecule has 0 heterocycles. The lowest BCUT2D eigenvalue weighted by atomic mass is 9.63. The maximum Gasteiger partial charge on any atom is 0.321 e. The van der Waals surface area contributed by atoms with Crippen LogP contribution in [0.5, 0.6) is 11.5 Å². The number of rotatable bonds is 4. The fourth-order valence-corrected chi connectivity index (χ4v) is 1.83. The molecule has 5 heteroatoms. The molecule has 2 aromatic carbocycles. The summed E-state index contributed by atoms with van der Waals surface area (Å²) in [5.74, 6) is 1.08. The lowest BCUT2D eigenvalue weighted by molar-refractivity contribution is 0.112. The Bertz CT molecular complexity index is 660. The zero-order valence-electron chi connectivity index (χ0n) is 10.9. The van der Waals surface area contributed by atoms with Gasteiger partial charge in [-0.15, -0.1) is 0 Å². The van der Waals surface area contributed by atoms with Crippen molar-refractivity contribution in [2.75, 3.05) is 0 Å². The molecule has 0 aromatic heterocycles. The topological polar surface area (TPSA) is 70.3 Å². The molecule has 1 N–H and O–H groups in total. The van der Waals surface area contributed by atoms with Crippen LogP contribution in [-0.4, -0.2) is 18.2 Å². The highest BCUT2D eigenvalue weighted by Gasteiger charge is 2.12. The monoisotopic (exact) mass is 265 g/mol. The van der Waals surface area contributed by atoms with Gasteiger partial charge in [-0.05, 0) is 41.9 Å². The first-order valence-electron chi connectivity index (χ1n) is 6.09. The molecule has 98 valence electrons. The molecular weight excluding hydrogens is 253 g/mol. The maximum absolute atomic E-state index is 11.0. The van der Waals surface area contributed by atoms with Crippen molar-refractivity contribution in [1.29, 1.82) is 5.26 Å². The third-order valence-corrected chi connectivity index (χ3v) is 2.85. The summed E-state index contributed by atoms with van der Waals surface area (Å²) < 4.78 is 5.61. The summed E-state index contributed by atoms with van der Waals surface area (Å²) in [4.78, 5) is 11.0. The second kappa shape index (κ2) is 6.05. The first-order valence-corrected chi connectivity index (χ1v) is 6.09. The third kappa shape index (κ3) is 3.05. The molecule has 0 aliphatic rings. The molecule has 0 amide bonds. The molecule has 0 saturated heterocycles. The molecule has 20 heavy (non-hydrogen) atoms. The highest BCUT2D eigenvalue weighted by atomic mass is 16.5. The average Bonchev–Trinajstić information content (AvgIpc) is 2.47.